The van der Waals surface area contributed by atoms with Crippen LogP contribution in [0.2, 0.25) is 5.15 Å². The molecule has 1 fully saturated rings. The van der Waals surface area contributed by atoms with Gasteiger partial charge >= 0.3 is 0 Å². The summed E-state index contributed by atoms with van der Waals surface area (Å²) in [5.74, 6) is 0.809. The quantitative estimate of drug-likeness (QED) is 0.786. The largest absolute Gasteiger partial charge is 0.497 e. The highest BCUT2D eigenvalue weighted by molar-refractivity contribution is 6.30. The van der Waals surface area contributed by atoms with Crippen molar-refractivity contribution in [2.24, 2.45) is 0 Å². The maximum Gasteiger partial charge on any atom is 0.132 e. The van der Waals surface area contributed by atoms with Crippen molar-refractivity contribution in [1.82, 2.24) is 14.8 Å². The Morgan fingerprint density at radius 2 is 1.96 bits per heavy atom. The molecule has 5 heteroatoms. The molecule has 0 N–H and O–H groups in total. The van der Waals surface area contributed by atoms with E-state index in [1.54, 1.807) is 7.11 Å². The fourth-order valence-corrected chi connectivity index (χ4v) is 3.27. The van der Waals surface area contributed by atoms with E-state index in [2.05, 4.69) is 27.9 Å². The fraction of sp³-hybridized carbons (Fsp3) is 0.500. The zero-order valence-corrected chi connectivity index (χ0v) is 14.6. The lowest BCUT2D eigenvalue weighted by Gasteiger charge is -2.32. The van der Waals surface area contributed by atoms with Gasteiger partial charge in [-0.05, 0) is 50.2 Å². The van der Waals surface area contributed by atoms with Gasteiger partial charge in [0.25, 0.3) is 0 Å². The van der Waals surface area contributed by atoms with Gasteiger partial charge in [0, 0.05) is 37.6 Å². The molecule has 0 saturated carbocycles. The van der Waals surface area contributed by atoms with Crippen molar-refractivity contribution in [1.29, 1.82) is 0 Å². The third-order valence-corrected chi connectivity index (χ3v) is 4.89. The number of aromatic nitrogens is 1. The van der Waals surface area contributed by atoms with Gasteiger partial charge in [-0.25, -0.2) is 4.98 Å². The molecule has 0 spiro atoms. The summed E-state index contributed by atoms with van der Waals surface area (Å²) < 4.78 is 5.24. The number of aryl methyl sites for hydroxylation is 1. The van der Waals surface area contributed by atoms with E-state index >= 15 is 0 Å². The molecule has 0 radical (unpaired) electrons. The number of ether oxygens (including phenoxy) is 1. The van der Waals surface area contributed by atoms with Crippen LogP contribution in [0, 0.1) is 0 Å². The summed E-state index contributed by atoms with van der Waals surface area (Å²) in [5.41, 5.74) is 2.02. The average molecular weight is 334 g/mol. The second-order valence-corrected chi connectivity index (χ2v) is 6.60. The maximum absolute atomic E-state index is 6.37. The summed E-state index contributed by atoms with van der Waals surface area (Å²) in [6.07, 6.45) is 2.09. The van der Waals surface area contributed by atoms with Crippen molar-refractivity contribution in [3.05, 3.63) is 35.0 Å². The van der Waals surface area contributed by atoms with E-state index in [1.165, 1.54) is 26.2 Å². The minimum atomic E-state index is 0.615. The molecule has 0 unspecified atom stereocenters. The Kier molecular flexibility index (Phi) is 5.36. The van der Waals surface area contributed by atoms with Gasteiger partial charge in [0.05, 0.1) is 12.6 Å². The van der Waals surface area contributed by atoms with Crippen molar-refractivity contribution in [2.75, 3.05) is 46.9 Å². The van der Waals surface area contributed by atoms with Crippen LogP contribution in [0.3, 0.4) is 0 Å². The molecular weight excluding hydrogens is 310 g/mol. The Balaban J connectivity index is 1.62. The molecule has 4 nitrogen and oxygen atoms in total. The maximum atomic E-state index is 6.37. The first kappa shape index (κ1) is 16.5. The average Bonchev–Trinajstić information content (AvgIpc) is 2.56. The summed E-state index contributed by atoms with van der Waals surface area (Å²) >= 11 is 6.37. The summed E-state index contributed by atoms with van der Waals surface area (Å²) in [6.45, 7) is 5.80. The number of methoxy groups -OCH3 is 1. The zero-order chi connectivity index (χ0) is 16.2. The van der Waals surface area contributed by atoms with Crippen molar-refractivity contribution in [2.45, 2.75) is 12.8 Å². The van der Waals surface area contributed by atoms with Gasteiger partial charge in [-0.15, -0.1) is 0 Å². The van der Waals surface area contributed by atoms with Crippen molar-refractivity contribution in [3.8, 4) is 5.75 Å². The number of benzene rings is 1. The number of pyridine rings is 1. The highest BCUT2D eigenvalue weighted by Crippen LogP contribution is 2.25. The monoisotopic (exact) mass is 333 g/mol. The molecule has 23 heavy (non-hydrogen) atoms. The van der Waals surface area contributed by atoms with Gasteiger partial charge in [0.15, 0.2) is 0 Å². The summed E-state index contributed by atoms with van der Waals surface area (Å²) in [7, 11) is 3.85. The number of likely N-dealkylation sites (N-methyl/N-ethyl adjacent to an activating group) is 1. The number of rotatable bonds is 5. The zero-order valence-electron chi connectivity index (χ0n) is 13.9. The van der Waals surface area contributed by atoms with Crippen molar-refractivity contribution >= 4 is 22.5 Å². The molecule has 0 bridgehead atoms. The molecule has 1 aromatic heterocycles. The van der Waals surface area contributed by atoms with Gasteiger partial charge in [0.1, 0.15) is 10.9 Å². The topological polar surface area (TPSA) is 28.6 Å². The molecule has 0 aliphatic carbocycles. The first-order valence-corrected chi connectivity index (χ1v) is 8.57. The molecule has 0 atom stereocenters. The Morgan fingerprint density at radius 3 is 2.70 bits per heavy atom. The standard InChI is InChI=1S/C18H24ClN3O/c1-21-8-10-22(11-9-21)7-3-4-15-12-14-5-6-16(23-2)13-17(14)20-18(15)19/h5-6,12-13H,3-4,7-11H2,1-2H3. The second-order valence-electron chi connectivity index (χ2n) is 6.25. The number of piperazine rings is 1. The molecule has 1 aliphatic heterocycles. The van der Waals surface area contributed by atoms with Gasteiger partial charge in [-0.1, -0.05) is 11.6 Å². The molecule has 2 aromatic rings. The Morgan fingerprint density at radius 1 is 1.17 bits per heavy atom. The second kappa shape index (κ2) is 7.47. The Hall–Kier alpha value is -1.36. The first-order chi connectivity index (χ1) is 11.2. The van der Waals surface area contributed by atoms with Crippen LogP contribution in [0.5, 0.6) is 5.75 Å². The highest BCUT2D eigenvalue weighted by atomic mass is 35.5. The SMILES string of the molecule is COc1ccc2cc(CCCN3CCN(C)CC3)c(Cl)nc2c1. The molecule has 3 rings (SSSR count). The third kappa shape index (κ3) is 4.14. The number of fused-ring (bicyclic) bond motifs is 1. The Labute approximate surface area is 143 Å². The summed E-state index contributed by atoms with van der Waals surface area (Å²) in [5, 5.41) is 1.73. The normalized spacial score (nSPS) is 16.8. The molecule has 124 valence electrons. The van der Waals surface area contributed by atoms with Crippen LogP contribution >= 0.6 is 11.6 Å². The van der Waals surface area contributed by atoms with Crippen LogP contribution in [0.15, 0.2) is 24.3 Å². The van der Waals surface area contributed by atoms with E-state index in [0.717, 1.165) is 41.6 Å². The smallest absolute Gasteiger partial charge is 0.132 e. The van der Waals surface area contributed by atoms with E-state index in [0.29, 0.717) is 5.15 Å². The van der Waals surface area contributed by atoms with Crippen molar-refractivity contribution < 1.29 is 4.74 Å². The predicted molar refractivity (Wildman–Crippen MR) is 95.6 cm³/mol. The van der Waals surface area contributed by atoms with E-state index in [9.17, 15) is 0 Å². The summed E-state index contributed by atoms with van der Waals surface area (Å²) in [6, 6.07) is 8.09. The third-order valence-electron chi connectivity index (χ3n) is 4.57. The van der Waals surface area contributed by atoms with Gasteiger partial charge in [0.2, 0.25) is 0 Å². The number of hydrogen-bond acceptors (Lipinski definition) is 4. The van der Waals surface area contributed by atoms with Crippen LogP contribution in [0.4, 0.5) is 0 Å². The highest BCUT2D eigenvalue weighted by Gasteiger charge is 2.13. The summed E-state index contributed by atoms with van der Waals surface area (Å²) in [4.78, 5) is 9.44. The lowest BCUT2D eigenvalue weighted by Crippen LogP contribution is -2.44. The van der Waals surface area contributed by atoms with E-state index in [4.69, 9.17) is 16.3 Å². The Bertz CT molecular complexity index is 669. The van der Waals surface area contributed by atoms with Gasteiger partial charge in [-0.3, -0.25) is 0 Å². The predicted octanol–water partition coefficient (Wildman–Crippen LogP) is 3.08. The van der Waals surface area contributed by atoms with Crippen molar-refractivity contribution in [3.63, 3.8) is 0 Å². The minimum absolute atomic E-state index is 0.615. The molecule has 0 amide bonds. The lowest BCUT2D eigenvalue weighted by atomic mass is 10.1. The van der Waals surface area contributed by atoms with Crippen LogP contribution in [0.1, 0.15) is 12.0 Å². The van der Waals surface area contributed by atoms with Crippen LogP contribution in [-0.4, -0.2) is 61.7 Å². The van der Waals surface area contributed by atoms with E-state index in [1.807, 2.05) is 18.2 Å². The minimum Gasteiger partial charge on any atom is -0.497 e. The molecular formula is C18H24ClN3O. The van der Waals surface area contributed by atoms with Gasteiger partial charge in [-0.2, -0.15) is 0 Å². The van der Waals surface area contributed by atoms with E-state index in [-0.39, 0.29) is 0 Å². The van der Waals surface area contributed by atoms with E-state index < -0.39 is 0 Å². The molecule has 2 heterocycles. The molecule has 1 saturated heterocycles. The van der Waals surface area contributed by atoms with Crippen LogP contribution < -0.4 is 4.74 Å². The lowest BCUT2D eigenvalue weighted by molar-refractivity contribution is 0.153. The first-order valence-electron chi connectivity index (χ1n) is 8.20. The molecule has 1 aliphatic rings. The number of hydrogen-bond donors (Lipinski definition) is 0. The van der Waals surface area contributed by atoms with Gasteiger partial charge < -0.3 is 14.5 Å². The molecule has 1 aromatic carbocycles. The van der Waals surface area contributed by atoms with Crippen LogP contribution in [-0.2, 0) is 6.42 Å². The number of halogens is 1. The fourth-order valence-electron chi connectivity index (χ4n) is 3.03. The number of nitrogens with zero attached hydrogens (tertiary/aromatic N) is 3. The van der Waals surface area contributed by atoms with Crippen LogP contribution in [0.25, 0.3) is 10.9 Å².